The van der Waals surface area contributed by atoms with Gasteiger partial charge in [-0.15, -0.1) is 0 Å². The Hall–Kier alpha value is -2.33. The molecule has 0 fully saturated rings. The van der Waals surface area contributed by atoms with E-state index in [-0.39, 0.29) is 11.5 Å². The first-order valence-corrected chi connectivity index (χ1v) is 8.70. The summed E-state index contributed by atoms with van der Waals surface area (Å²) in [4.78, 5) is 12.3. The van der Waals surface area contributed by atoms with Crippen LogP contribution in [0, 0.1) is 5.41 Å². The van der Waals surface area contributed by atoms with Gasteiger partial charge >= 0.3 is 5.97 Å². The van der Waals surface area contributed by atoms with E-state index < -0.39 is 5.97 Å². The van der Waals surface area contributed by atoms with Crippen LogP contribution in [0.25, 0.3) is 0 Å². The number of nitrogens with one attached hydrogen (secondary N) is 1. The molecular weight excluding hydrogens is 393 g/mol. The SMILES string of the molecule is N=C(c1ccc(Cl)c(Cl)c1)c1cc(Cl)ccc1OC(=O)c1ccccc1. The fraction of sp³-hybridized carbons (Fsp3) is 0. The third kappa shape index (κ3) is 4.07. The number of carbonyl (C=O) groups excluding carboxylic acids is 1. The lowest BCUT2D eigenvalue weighted by Gasteiger charge is -2.12. The Balaban J connectivity index is 1.96. The second-order valence-corrected chi connectivity index (χ2v) is 6.65. The zero-order valence-electron chi connectivity index (χ0n) is 13.3. The van der Waals surface area contributed by atoms with Gasteiger partial charge in [0.25, 0.3) is 0 Å². The summed E-state index contributed by atoms with van der Waals surface area (Å²) in [6.45, 7) is 0. The van der Waals surface area contributed by atoms with E-state index in [4.69, 9.17) is 44.9 Å². The van der Waals surface area contributed by atoms with Crippen LogP contribution in [0.5, 0.6) is 5.75 Å². The first-order valence-electron chi connectivity index (χ1n) is 7.57. The molecule has 3 aromatic carbocycles. The summed E-state index contributed by atoms with van der Waals surface area (Å²) in [6, 6.07) is 18.2. The van der Waals surface area contributed by atoms with E-state index in [2.05, 4.69) is 0 Å². The van der Waals surface area contributed by atoms with Gasteiger partial charge in [0.2, 0.25) is 0 Å². The summed E-state index contributed by atoms with van der Waals surface area (Å²) >= 11 is 18.0. The number of hydrogen-bond donors (Lipinski definition) is 1. The smallest absolute Gasteiger partial charge is 0.343 e. The van der Waals surface area contributed by atoms with Crippen molar-refractivity contribution in [2.24, 2.45) is 0 Å². The molecule has 0 amide bonds. The van der Waals surface area contributed by atoms with Gasteiger partial charge in [0.05, 0.1) is 21.3 Å². The average Bonchev–Trinajstić information content (AvgIpc) is 2.65. The third-order valence-corrected chi connectivity index (χ3v) is 4.61. The van der Waals surface area contributed by atoms with Crippen molar-refractivity contribution in [2.75, 3.05) is 0 Å². The summed E-state index contributed by atoms with van der Waals surface area (Å²) in [5.74, 6) is -0.282. The molecule has 0 aliphatic rings. The Bertz CT molecular complexity index is 988. The van der Waals surface area contributed by atoms with Crippen molar-refractivity contribution in [3.8, 4) is 5.75 Å². The van der Waals surface area contributed by atoms with Gasteiger partial charge in [-0.3, -0.25) is 5.41 Å². The molecule has 0 spiro atoms. The maximum Gasteiger partial charge on any atom is 0.343 e. The van der Waals surface area contributed by atoms with Gasteiger partial charge in [0.1, 0.15) is 5.75 Å². The molecule has 3 rings (SSSR count). The molecule has 0 bridgehead atoms. The molecule has 0 atom stereocenters. The van der Waals surface area contributed by atoms with Crippen molar-refractivity contribution < 1.29 is 9.53 Å². The number of benzene rings is 3. The molecule has 6 heteroatoms. The van der Waals surface area contributed by atoms with Crippen molar-refractivity contribution in [1.29, 1.82) is 5.41 Å². The number of esters is 1. The highest BCUT2D eigenvalue weighted by molar-refractivity contribution is 6.42. The number of carbonyl (C=O) groups is 1. The standard InChI is InChI=1S/C20H12Cl3NO2/c21-14-7-9-18(26-20(25)12-4-2-1-3-5-12)15(11-14)19(24)13-6-8-16(22)17(23)10-13/h1-11,24H. The molecule has 0 unspecified atom stereocenters. The summed E-state index contributed by atoms with van der Waals surface area (Å²) in [6.07, 6.45) is 0. The number of ether oxygens (including phenoxy) is 1. The first-order chi connectivity index (χ1) is 12.5. The minimum absolute atomic E-state index is 0.113. The molecule has 0 aliphatic heterocycles. The third-order valence-electron chi connectivity index (χ3n) is 3.63. The van der Waals surface area contributed by atoms with Crippen molar-refractivity contribution in [1.82, 2.24) is 0 Å². The van der Waals surface area contributed by atoms with Crippen LogP contribution in [-0.4, -0.2) is 11.7 Å². The van der Waals surface area contributed by atoms with Crippen LogP contribution < -0.4 is 4.74 Å². The zero-order chi connectivity index (χ0) is 18.7. The Morgan fingerprint density at radius 3 is 2.23 bits per heavy atom. The molecule has 0 saturated heterocycles. The number of halogens is 3. The van der Waals surface area contributed by atoms with E-state index in [9.17, 15) is 4.79 Å². The Morgan fingerprint density at radius 2 is 1.54 bits per heavy atom. The monoisotopic (exact) mass is 403 g/mol. The first kappa shape index (κ1) is 18.5. The van der Waals surface area contributed by atoms with Crippen LogP contribution in [0.3, 0.4) is 0 Å². The minimum Gasteiger partial charge on any atom is -0.422 e. The molecule has 0 radical (unpaired) electrons. The lowest BCUT2D eigenvalue weighted by atomic mass is 10.0. The number of hydrogen-bond acceptors (Lipinski definition) is 3. The van der Waals surface area contributed by atoms with E-state index in [1.54, 1.807) is 60.7 Å². The molecule has 1 N–H and O–H groups in total. The van der Waals surface area contributed by atoms with E-state index in [1.165, 1.54) is 0 Å². The summed E-state index contributed by atoms with van der Waals surface area (Å²) in [7, 11) is 0. The van der Waals surface area contributed by atoms with Crippen LogP contribution >= 0.6 is 34.8 Å². The normalized spacial score (nSPS) is 10.4. The second kappa shape index (κ2) is 7.92. The van der Waals surface area contributed by atoms with Gasteiger partial charge in [0.15, 0.2) is 0 Å². The molecule has 0 aromatic heterocycles. The largest absolute Gasteiger partial charge is 0.422 e. The average molecular weight is 405 g/mol. The number of rotatable bonds is 4. The summed E-state index contributed by atoms with van der Waals surface area (Å²) < 4.78 is 5.49. The van der Waals surface area contributed by atoms with Crippen molar-refractivity contribution in [3.05, 3.63) is 98.5 Å². The van der Waals surface area contributed by atoms with Crippen LogP contribution in [0.2, 0.25) is 15.1 Å². The minimum atomic E-state index is -0.517. The van der Waals surface area contributed by atoms with Crippen molar-refractivity contribution >= 4 is 46.5 Å². The molecule has 0 saturated carbocycles. The quantitative estimate of drug-likeness (QED) is 0.316. The second-order valence-electron chi connectivity index (χ2n) is 5.40. The van der Waals surface area contributed by atoms with Crippen molar-refractivity contribution in [2.45, 2.75) is 0 Å². The van der Waals surface area contributed by atoms with Gasteiger partial charge in [-0.1, -0.05) is 59.1 Å². The topological polar surface area (TPSA) is 50.1 Å². The van der Waals surface area contributed by atoms with Gasteiger partial charge in [-0.2, -0.15) is 0 Å². The van der Waals surface area contributed by atoms with E-state index in [1.807, 2.05) is 6.07 Å². The van der Waals surface area contributed by atoms with Gasteiger partial charge in [-0.05, 0) is 42.5 Å². The van der Waals surface area contributed by atoms with Gasteiger partial charge in [0, 0.05) is 16.1 Å². The van der Waals surface area contributed by atoms with E-state index in [0.717, 1.165) is 0 Å². The Morgan fingerprint density at radius 1 is 0.808 bits per heavy atom. The predicted molar refractivity (Wildman–Crippen MR) is 105 cm³/mol. The Labute approximate surface area is 165 Å². The lowest BCUT2D eigenvalue weighted by molar-refractivity contribution is 0.0734. The molecule has 26 heavy (non-hydrogen) atoms. The van der Waals surface area contributed by atoms with E-state index in [0.29, 0.717) is 31.8 Å². The van der Waals surface area contributed by atoms with Crippen LogP contribution in [0.15, 0.2) is 66.7 Å². The van der Waals surface area contributed by atoms with Gasteiger partial charge < -0.3 is 4.74 Å². The van der Waals surface area contributed by atoms with Crippen molar-refractivity contribution in [3.63, 3.8) is 0 Å². The van der Waals surface area contributed by atoms with Gasteiger partial charge in [-0.25, -0.2) is 4.79 Å². The summed E-state index contributed by atoms with van der Waals surface area (Å²) in [5.41, 5.74) is 1.43. The van der Waals surface area contributed by atoms with Crippen LogP contribution in [-0.2, 0) is 0 Å². The van der Waals surface area contributed by atoms with Crippen LogP contribution in [0.4, 0.5) is 0 Å². The molecule has 0 aliphatic carbocycles. The molecule has 3 nitrogen and oxygen atoms in total. The molecule has 0 heterocycles. The Kier molecular flexibility index (Phi) is 5.62. The lowest BCUT2D eigenvalue weighted by Crippen LogP contribution is -2.12. The predicted octanol–water partition coefficient (Wildman–Crippen LogP) is 6.28. The fourth-order valence-electron chi connectivity index (χ4n) is 2.33. The maximum atomic E-state index is 12.3. The highest BCUT2D eigenvalue weighted by atomic mass is 35.5. The molecule has 130 valence electrons. The maximum absolute atomic E-state index is 12.3. The highest BCUT2D eigenvalue weighted by Crippen LogP contribution is 2.29. The molecular formula is C20H12Cl3NO2. The molecule has 3 aromatic rings. The summed E-state index contributed by atoms with van der Waals surface area (Å²) in [5, 5.41) is 9.62. The zero-order valence-corrected chi connectivity index (χ0v) is 15.6. The highest BCUT2D eigenvalue weighted by Gasteiger charge is 2.17. The fourth-order valence-corrected chi connectivity index (χ4v) is 2.80. The van der Waals surface area contributed by atoms with E-state index >= 15 is 0 Å². The van der Waals surface area contributed by atoms with Crippen LogP contribution in [0.1, 0.15) is 21.5 Å².